The van der Waals surface area contributed by atoms with Crippen molar-refractivity contribution in [1.29, 1.82) is 5.41 Å². The van der Waals surface area contributed by atoms with Gasteiger partial charge >= 0.3 is 0 Å². The molecule has 0 aromatic rings. The Balaban J connectivity index is 2.36. The second-order valence-electron chi connectivity index (χ2n) is 4.45. The maximum atomic E-state index is 9.67. The summed E-state index contributed by atoms with van der Waals surface area (Å²) in [5.74, 6) is 0.729. The summed E-state index contributed by atoms with van der Waals surface area (Å²) in [6.45, 7) is 6.55. The molecule has 0 aromatic heterocycles. The summed E-state index contributed by atoms with van der Waals surface area (Å²) in [6.07, 6.45) is 0.814. The molecular formula is C10H21N3O. The third-order valence-electron chi connectivity index (χ3n) is 3.07. The summed E-state index contributed by atoms with van der Waals surface area (Å²) in [6, 6.07) is 0. The lowest BCUT2D eigenvalue weighted by Crippen LogP contribution is -2.45. The first-order valence-corrected chi connectivity index (χ1v) is 5.25. The number of aliphatic hydroxyl groups excluding tert-OH is 1. The van der Waals surface area contributed by atoms with Crippen LogP contribution in [0.3, 0.4) is 0 Å². The van der Waals surface area contributed by atoms with Gasteiger partial charge in [-0.15, -0.1) is 0 Å². The molecule has 0 bridgehead atoms. The Morgan fingerprint density at radius 1 is 1.71 bits per heavy atom. The highest BCUT2D eigenvalue weighted by molar-refractivity contribution is 5.79. The lowest BCUT2D eigenvalue weighted by atomic mass is 9.95. The summed E-state index contributed by atoms with van der Waals surface area (Å²) in [4.78, 5) is 2.19. The Morgan fingerprint density at radius 2 is 2.36 bits per heavy atom. The van der Waals surface area contributed by atoms with Gasteiger partial charge in [-0.1, -0.05) is 13.8 Å². The van der Waals surface area contributed by atoms with Gasteiger partial charge in [-0.2, -0.15) is 0 Å². The minimum absolute atomic E-state index is 0.0932. The van der Waals surface area contributed by atoms with Crippen LogP contribution < -0.4 is 5.73 Å². The summed E-state index contributed by atoms with van der Waals surface area (Å²) in [7, 11) is 0. The maximum absolute atomic E-state index is 9.67. The van der Waals surface area contributed by atoms with Crippen LogP contribution in [0.25, 0.3) is 0 Å². The Bertz CT molecular complexity index is 208. The zero-order valence-electron chi connectivity index (χ0n) is 9.03. The van der Waals surface area contributed by atoms with Crippen molar-refractivity contribution in [1.82, 2.24) is 4.90 Å². The van der Waals surface area contributed by atoms with E-state index in [4.69, 9.17) is 11.1 Å². The third-order valence-corrected chi connectivity index (χ3v) is 3.07. The van der Waals surface area contributed by atoms with E-state index in [-0.39, 0.29) is 17.9 Å². The number of hydrogen-bond donors (Lipinski definition) is 3. The molecule has 14 heavy (non-hydrogen) atoms. The molecule has 4 nitrogen and oxygen atoms in total. The summed E-state index contributed by atoms with van der Waals surface area (Å²) >= 11 is 0. The summed E-state index contributed by atoms with van der Waals surface area (Å²) in [5.41, 5.74) is 5.41. The van der Waals surface area contributed by atoms with Crippen LogP contribution >= 0.6 is 0 Å². The number of hydrogen-bond acceptors (Lipinski definition) is 3. The van der Waals surface area contributed by atoms with Gasteiger partial charge in [0.1, 0.15) is 0 Å². The molecular weight excluding hydrogens is 178 g/mol. The Hall–Kier alpha value is -0.610. The Kier molecular flexibility index (Phi) is 3.89. The highest BCUT2D eigenvalue weighted by Crippen LogP contribution is 2.17. The molecule has 0 radical (unpaired) electrons. The number of amidine groups is 1. The number of nitrogens with zero attached hydrogens (tertiary/aromatic N) is 1. The van der Waals surface area contributed by atoms with Gasteiger partial charge in [-0.3, -0.25) is 5.41 Å². The van der Waals surface area contributed by atoms with Crippen LogP contribution in [0, 0.1) is 17.2 Å². The smallest absolute Gasteiger partial charge is 0.0947 e. The first kappa shape index (κ1) is 11.5. The fourth-order valence-corrected chi connectivity index (χ4v) is 1.77. The molecule has 82 valence electrons. The average Bonchev–Trinajstić information content (AvgIpc) is 2.11. The lowest BCUT2D eigenvalue weighted by molar-refractivity contribution is 0.0268. The molecule has 1 rings (SSSR count). The van der Waals surface area contributed by atoms with E-state index in [2.05, 4.69) is 11.8 Å². The van der Waals surface area contributed by atoms with Gasteiger partial charge in [0.2, 0.25) is 0 Å². The molecule has 0 aliphatic carbocycles. The molecule has 1 heterocycles. The van der Waals surface area contributed by atoms with Gasteiger partial charge in [0.15, 0.2) is 0 Å². The van der Waals surface area contributed by atoms with E-state index in [0.717, 1.165) is 26.1 Å². The van der Waals surface area contributed by atoms with Crippen molar-refractivity contribution >= 4 is 5.84 Å². The molecule has 1 aliphatic heterocycles. The maximum Gasteiger partial charge on any atom is 0.0947 e. The number of likely N-dealkylation sites (tertiary alicyclic amines) is 1. The van der Waals surface area contributed by atoms with Crippen molar-refractivity contribution in [3.8, 4) is 0 Å². The summed E-state index contributed by atoms with van der Waals surface area (Å²) in [5, 5.41) is 17.0. The topological polar surface area (TPSA) is 73.3 Å². The van der Waals surface area contributed by atoms with Gasteiger partial charge in [0.25, 0.3) is 0 Å². The normalized spacial score (nSPS) is 31.4. The fourth-order valence-electron chi connectivity index (χ4n) is 1.77. The van der Waals surface area contributed by atoms with E-state index in [1.165, 1.54) is 0 Å². The number of piperidine rings is 1. The van der Waals surface area contributed by atoms with Crippen molar-refractivity contribution in [2.24, 2.45) is 17.6 Å². The van der Waals surface area contributed by atoms with E-state index in [9.17, 15) is 5.11 Å². The highest BCUT2D eigenvalue weighted by Gasteiger charge is 2.25. The molecule has 1 fully saturated rings. The van der Waals surface area contributed by atoms with Crippen LogP contribution in [0.5, 0.6) is 0 Å². The van der Waals surface area contributed by atoms with Crippen molar-refractivity contribution in [3.63, 3.8) is 0 Å². The zero-order valence-corrected chi connectivity index (χ0v) is 9.03. The number of nitrogens with two attached hydrogens (primary N) is 1. The van der Waals surface area contributed by atoms with Crippen LogP contribution in [-0.2, 0) is 0 Å². The van der Waals surface area contributed by atoms with E-state index in [0.29, 0.717) is 5.92 Å². The standard InChI is InChI=1S/C10H21N3O/c1-7-3-4-13(6-9(7)14)5-8(2)10(11)12/h7-9,14H,3-6H2,1-2H3,(H3,11,12). The SMILES string of the molecule is CC(CN1CCC(C)C(O)C1)C(=N)N. The quantitative estimate of drug-likeness (QED) is 0.451. The highest BCUT2D eigenvalue weighted by atomic mass is 16.3. The molecule has 3 atom stereocenters. The van der Waals surface area contributed by atoms with Gasteiger partial charge in [-0.25, -0.2) is 0 Å². The monoisotopic (exact) mass is 199 g/mol. The zero-order chi connectivity index (χ0) is 10.7. The van der Waals surface area contributed by atoms with E-state index >= 15 is 0 Å². The van der Waals surface area contributed by atoms with Crippen molar-refractivity contribution in [3.05, 3.63) is 0 Å². The van der Waals surface area contributed by atoms with Crippen LogP contribution in [0.2, 0.25) is 0 Å². The van der Waals surface area contributed by atoms with Gasteiger partial charge in [0, 0.05) is 19.0 Å². The van der Waals surface area contributed by atoms with E-state index in [1.54, 1.807) is 0 Å². The molecule has 4 N–H and O–H groups in total. The van der Waals surface area contributed by atoms with Crippen LogP contribution in [0.1, 0.15) is 20.3 Å². The molecule has 0 spiro atoms. The predicted molar refractivity (Wildman–Crippen MR) is 57.3 cm³/mol. The van der Waals surface area contributed by atoms with Crippen LogP contribution in [0.15, 0.2) is 0 Å². The first-order chi connectivity index (χ1) is 6.50. The Labute approximate surface area is 85.6 Å². The minimum Gasteiger partial charge on any atom is -0.392 e. The molecule has 0 aromatic carbocycles. The van der Waals surface area contributed by atoms with E-state index < -0.39 is 0 Å². The van der Waals surface area contributed by atoms with Gasteiger partial charge < -0.3 is 15.7 Å². The van der Waals surface area contributed by atoms with Crippen molar-refractivity contribution < 1.29 is 5.11 Å². The molecule has 3 unspecified atom stereocenters. The number of β-amino-alcohol motifs (C(OH)–C–C–N with tert-alkyl or cyclic N) is 1. The molecule has 0 saturated carbocycles. The molecule has 1 aliphatic rings. The molecule has 4 heteroatoms. The predicted octanol–water partition coefficient (Wildman–Crippen LogP) is 0.261. The molecule has 0 amide bonds. The Morgan fingerprint density at radius 3 is 2.86 bits per heavy atom. The molecule has 1 saturated heterocycles. The number of aliphatic hydroxyl groups is 1. The number of nitrogens with one attached hydrogen (secondary N) is 1. The summed E-state index contributed by atoms with van der Waals surface area (Å²) < 4.78 is 0. The van der Waals surface area contributed by atoms with Gasteiger partial charge in [0.05, 0.1) is 11.9 Å². The third kappa shape index (κ3) is 2.96. The van der Waals surface area contributed by atoms with E-state index in [1.807, 2.05) is 6.92 Å². The number of rotatable bonds is 3. The second kappa shape index (κ2) is 4.75. The lowest BCUT2D eigenvalue weighted by Gasteiger charge is -2.35. The minimum atomic E-state index is -0.220. The second-order valence-corrected chi connectivity index (χ2v) is 4.45. The first-order valence-electron chi connectivity index (χ1n) is 5.25. The largest absolute Gasteiger partial charge is 0.392 e. The van der Waals surface area contributed by atoms with Gasteiger partial charge in [-0.05, 0) is 18.9 Å². The van der Waals surface area contributed by atoms with Crippen molar-refractivity contribution in [2.45, 2.75) is 26.4 Å². The van der Waals surface area contributed by atoms with Crippen molar-refractivity contribution in [2.75, 3.05) is 19.6 Å². The average molecular weight is 199 g/mol. The fraction of sp³-hybridized carbons (Fsp3) is 0.900. The van der Waals surface area contributed by atoms with Crippen LogP contribution in [-0.4, -0.2) is 41.6 Å². The van der Waals surface area contributed by atoms with Crippen LogP contribution in [0.4, 0.5) is 0 Å².